The standard InChI is InChI=1S/C13H9ClN4O2/c14-9-3-1-8-6-10(4-2-7(8)5-9)15-12-11(13(19)20)16-18-17-12/h1-6H,(H,19,20)(H2,15,16,17,18). The zero-order chi connectivity index (χ0) is 14.1. The van der Waals surface area contributed by atoms with Gasteiger partial charge in [0, 0.05) is 10.7 Å². The van der Waals surface area contributed by atoms with Crippen LogP contribution in [-0.4, -0.2) is 26.5 Å². The van der Waals surface area contributed by atoms with Crippen LogP contribution >= 0.6 is 11.6 Å². The van der Waals surface area contributed by atoms with Gasteiger partial charge in [0.05, 0.1) is 0 Å². The topological polar surface area (TPSA) is 90.9 Å². The molecule has 0 fully saturated rings. The summed E-state index contributed by atoms with van der Waals surface area (Å²) < 4.78 is 0. The number of aromatic nitrogens is 3. The van der Waals surface area contributed by atoms with Crippen LogP contribution in [0.2, 0.25) is 5.02 Å². The van der Waals surface area contributed by atoms with Gasteiger partial charge in [-0.1, -0.05) is 28.9 Å². The molecule has 0 amide bonds. The zero-order valence-electron chi connectivity index (χ0n) is 10.1. The fourth-order valence-electron chi connectivity index (χ4n) is 1.90. The van der Waals surface area contributed by atoms with Gasteiger partial charge in [-0.2, -0.15) is 0 Å². The number of carboxylic acids is 1. The van der Waals surface area contributed by atoms with Crippen LogP contribution < -0.4 is 5.32 Å². The van der Waals surface area contributed by atoms with E-state index in [9.17, 15) is 4.79 Å². The highest BCUT2D eigenvalue weighted by Crippen LogP contribution is 2.24. The Labute approximate surface area is 118 Å². The number of nitrogens with one attached hydrogen (secondary N) is 2. The number of aromatic amines is 1. The molecule has 3 N–H and O–H groups in total. The summed E-state index contributed by atoms with van der Waals surface area (Å²) in [6.45, 7) is 0. The highest BCUT2D eigenvalue weighted by atomic mass is 35.5. The number of H-pyrrole nitrogens is 1. The third kappa shape index (κ3) is 2.28. The highest BCUT2D eigenvalue weighted by Gasteiger charge is 2.14. The van der Waals surface area contributed by atoms with Gasteiger partial charge < -0.3 is 10.4 Å². The first-order valence-corrected chi connectivity index (χ1v) is 6.12. The Morgan fingerprint density at radius 1 is 1.20 bits per heavy atom. The Bertz CT molecular complexity index is 800. The quantitative estimate of drug-likeness (QED) is 0.689. The number of hydrogen-bond donors (Lipinski definition) is 3. The van der Waals surface area contributed by atoms with Crippen LogP contribution in [0, 0.1) is 0 Å². The van der Waals surface area contributed by atoms with E-state index in [2.05, 4.69) is 20.7 Å². The smallest absolute Gasteiger partial charge is 0.357 e. The molecule has 1 aromatic heterocycles. The Morgan fingerprint density at radius 2 is 1.95 bits per heavy atom. The summed E-state index contributed by atoms with van der Waals surface area (Å²) >= 11 is 5.93. The van der Waals surface area contributed by atoms with Crippen molar-refractivity contribution in [3.8, 4) is 0 Å². The second kappa shape index (κ2) is 4.82. The van der Waals surface area contributed by atoms with Crippen LogP contribution in [0.1, 0.15) is 10.5 Å². The van der Waals surface area contributed by atoms with Gasteiger partial charge in [0.15, 0.2) is 11.5 Å². The average molecular weight is 289 g/mol. The fraction of sp³-hybridized carbons (Fsp3) is 0. The second-order valence-corrected chi connectivity index (χ2v) is 4.61. The van der Waals surface area contributed by atoms with Crippen LogP contribution in [0.3, 0.4) is 0 Å². The molecule has 0 unspecified atom stereocenters. The van der Waals surface area contributed by atoms with Crippen molar-refractivity contribution in [2.45, 2.75) is 0 Å². The lowest BCUT2D eigenvalue weighted by molar-refractivity contribution is 0.0691. The summed E-state index contributed by atoms with van der Waals surface area (Å²) in [6.07, 6.45) is 0. The average Bonchev–Trinajstić information content (AvgIpc) is 2.87. The number of rotatable bonds is 3. The second-order valence-electron chi connectivity index (χ2n) is 4.17. The molecule has 3 aromatic rings. The van der Waals surface area contributed by atoms with Crippen LogP contribution in [0.5, 0.6) is 0 Å². The predicted molar refractivity (Wildman–Crippen MR) is 75.6 cm³/mol. The summed E-state index contributed by atoms with van der Waals surface area (Å²) in [7, 11) is 0. The highest BCUT2D eigenvalue weighted by molar-refractivity contribution is 6.31. The van der Waals surface area contributed by atoms with Gasteiger partial charge in [-0.3, -0.25) is 0 Å². The van der Waals surface area contributed by atoms with E-state index in [-0.39, 0.29) is 11.5 Å². The third-order valence-electron chi connectivity index (χ3n) is 2.83. The molecule has 2 aromatic carbocycles. The molecule has 1 heterocycles. The molecule has 6 nitrogen and oxygen atoms in total. The van der Waals surface area contributed by atoms with Crippen LogP contribution in [0.4, 0.5) is 11.5 Å². The van der Waals surface area contributed by atoms with Gasteiger partial charge in [0.25, 0.3) is 0 Å². The number of carboxylic acid groups (broad SMARTS) is 1. The van der Waals surface area contributed by atoms with E-state index in [4.69, 9.17) is 16.7 Å². The van der Waals surface area contributed by atoms with Crippen molar-refractivity contribution in [2.24, 2.45) is 0 Å². The predicted octanol–water partition coefficient (Wildman–Crippen LogP) is 3.05. The first kappa shape index (κ1) is 12.4. The lowest BCUT2D eigenvalue weighted by Crippen LogP contribution is -2.02. The van der Waals surface area contributed by atoms with Crippen molar-refractivity contribution >= 4 is 39.8 Å². The van der Waals surface area contributed by atoms with Crippen molar-refractivity contribution < 1.29 is 9.90 Å². The van der Waals surface area contributed by atoms with E-state index >= 15 is 0 Å². The first-order valence-electron chi connectivity index (χ1n) is 5.74. The summed E-state index contributed by atoms with van der Waals surface area (Å²) in [5.41, 5.74) is 0.637. The first-order chi connectivity index (χ1) is 9.63. The zero-order valence-corrected chi connectivity index (χ0v) is 10.8. The van der Waals surface area contributed by atoms with Gasteiger partial charge in [-0.05, 0) is 35.0 Å². The van der Waals surface area contributed by atoms with E-state index in [1.54, 1.807) is 6.07 Å². The maximum atomic E-state index is 11.0. The van der Waals surface area contributed by atoms with Crippen molar-refractivity contribution in [1.82, 2.24) is 15.4 Å². The summed E-state index contributed by atoms with van der Waals surface area (Å²) in [6, 6.07) is 11.1. The number of nitrogens with zero attached hydrogens (tertiary/aromatic N) is 2. The maximum absolute atomic E-state index is 11.0. The molecule has 0 aliphatic heterocycles. The summed E-state index contributed by atoms with van der Waals surface area (Å²) in [5, 5.41) is 24.1. The molecule has 0 spiro atoms. The molecule has 0 aliphatic rings. The van der Waals surface area contributed by atoms with E-state index in [0.29, 0.717) is 5.02 Å². The van der Waals surface area contributed by atoms with Crippen LogP contribution in [0.25, 0.3) is 10.8 Å². The van der Waals surface area contributed by atoms with Crippen LogP contribution in [0.15, 0.2) is 36.4 Å². The maximum Gasteiger partial charge on any atom is 0.357 e. The number of carbonyl (C=O) groups is 1. The van der Waals surface area contributed by atoms with E-state index in [1.807, 2.05) is 30.3 Å². The largest absolute Gasteiger partial charge is 0.476 e. The van der Waals surface area contributed by atoms with Gasteiger partial charge >= 0.3 is 5.97 Å². The summed E-state index contributed by atoms with van der Waals surface area (Å²) in [4.78, 5) is 11.0. The molecule has 7 heteroatoms. The number of fused-ring (bicyclic) bond motifs is 1. The lowest BCUT2D eigenvalue weighted by Gasteiger charge is -2.05. The lowest BCUT2D eigenvalue weighted by atomic mass is 10.1. The number of aromatic carboxylic acids is 1. The Hall–Kier alpha value is -2.60. The molecular formula is C13H9ClN4O2. The monoisotopic (exact) mass is 288 g/mol. The molecular weight excluding hydrogens is 280 g/mol. The van der Waals surface area contributed by atoms with Gasteiger partial charge in [0.1, 0.15) is 0 Å². The molecule has 100 valence electrons. The molecule has 0 saturated heterocycles. The molecule has 0 aliphatic carbocycles. The van der Waals surface area contributed by atoms with Crippen molar-refractivity contribution in [2.75, 3.05) is 5.32 Å². The molecule has 0 saturated carbocycles. The van der Waals surface area contributed by atoms with Crippen molar-refractivity contribution in [3.63, 3.8) is 0 Å². The van der Waals surface area contributed by atoms with E-state index < -0.39 is 5.97 Å². The Morgan fingerprint density at radius 3 is 2.75 bits per heavy atom. The molecule has 0 radical (unpaired) electrons. The molecule has 0 bridgehead atoms. The van der Waals surface area contributed by atoms with Gasteiger partial charge in [-0.15, -0.1) is 5.10 Å². The summed E-state index contributed by atoms with van der Waals surface area (Å²) in [5.74, 6) is -0.948. The normalized spacial score (nSPS) is 10.7. The Balaban J connectivity index is 1.96. The van der Waals surface area contributed by atoms with Gasteiger partial charge in [-0.25, -0.2) is 9.89 Å². The molecule has 0 atom stereocenters. The molecule has 3 rings (SSSR count). The van der Waals surface area contributed by atoms with Crippen LogP contribution in [-0.2, 0) is 0 Å². The fourth-order valence-corrected chi connectivity index (χ4v) is 2.08. The minimum Gasteiger partial charge on any atom is -0.476 e. The third-order valence-corrected chi connectivity index (χ3v) is 3.06. The number of halogens is 1. The molecule has 20 heavy (non-hydrogen) atoms. The SMILES string of the molecule is O=C(O)c1[nH]nnc1Nc1ccc2cc(Cl)ccc2c1. The van der Waals surface area contributed by atoms with E-state index in [0.717, 1.165) is 16.5 Å². The minimum absolute atomic E-state index is 0.0822. The van der Waals surface area contributed by atoms with Crippen molar-refractivity contribution in [1.29, 1.82) is 0 Å². The minimum atomic E-state index is -1.12. The van der Waals surface area contributed by atoms with Gasteiger partial charge in [0.2, 0.25) is 0 Å². The van der Waals surface area contributed by atoms with Crippen molar-refractivity contribution in [3.05, 3.63) is 47.1 Å². The number of anilines is 2. The van der Waals surface area contributed by atoms with E-state index in [1.165, 1.54) is 0 Å². The Kier molecular flexibility index (Phi) is 3.00. The number of hydrogen-bond acceptors (Lipinski definition) is 4. The number of benzene rings is 2.